The summed E-state index contributed by atoms with van der Waals surface area (Å²) in [5, 5.41) is 9.43. The summed E-state index contributed by atoms with van der Waals surface area (Å²) in [5.74, 6) is 0. The average Bonchev–Trinajstić information content (AvgIpc) is 3.82. The SMILES string of the molecule is CC12c3sc4ccccc4c3-c3cccc(c31)-c1c3cc(-c4ccccc4)ccc3c(-c3ccc4c(c3)sc3ccccc34)c3cccc2c13. The van der Waals surface area contributed by atoms with Gasteiger partial charge in [-0.05, 0) is 103 Å². The highest BCUT2D eigenvalue weighted by Crippen LogP contribution is 2.65. The van der Waals surface area contributed by atoms with E-state index in [1.54, 1.807) is 0 Å². The second-order valence-electron chi connectivity index (χ2n) is 14.1. The molecule has 0 N–H and O–H groups in total. The molecule has 2 aromatic heterocycles. The van der Waals surface area contributed by atoms with E-state index in [0.29, 0.717) is 0 Å². The quantitative estimate of drug-likeness (QED) is 0.161. The van der Waals surface area contributed by atoms with Crippen LogP contribution in [-0.4, -0.2) is 0 Å². The highest BCUT2D eigenvalue weighted by molar-refractivity contribution is 7.25. The molecule has 2 aliphatic rings. The fourth-order valence-electron chi connectivity index (χ4n) is 9.52. The third kappa shape index (κ3) is 3.31. The number of fused-ring (bicyclic) bond motifs is 12. The van der Waals surface area contributed by atoms with Crippen LogP contribution in [-0.2, 0) is 5.41 Å². The Morgan fingerprint density at radius 1 is 0.400 bits per heavy atom. The topological polar surface area (TPSA) is 0 Å². The molecule has 0 saturated carbocycles. The Morgan fingerprint density at radius 3 is 1.92 bits per heavy atom. The van der Waals surface area contributed by atoms with Gasteiger partial charge in [0.05, 0.1) is 5.41 Å². The monoisotopic (exact) mass is 668 g/mol. The van der Waals surface area contributed by atoms with Gasteiger partial charge in [0.15, 0.2) is 0 Å². The van der Waals surface area contributed by atoms with Gasteiger partial charge in [-0.25, -0.2) is 0 Å². The molecule has 0 nitrogen and oxygen atoms in total. The standard InChI is InChI=1S/C48H28S2/c1-48-38-18-10-15-34-42(29-22-23-31-30-13-5-7-19-39(30)49-41(31)26-29)32-24-21-28(27-11-3-2-4-12-27)25-37(32)43(45(34)38)35-16-9-17-36(46(35)48)44-33-14-6-8-20-40(33)50-47(44)48/h2-26H,1H3. The van der Waals surface area contributed by atoms with Crippen molar-refractivity contribution < 1.29 is 0 Å². The number of hydrogen-bond acceptors (Lipinski definition) is 2. The van der Waals surface area contributed by atoms with Crippen LogP contribution in [0.4, 0.5) is 0 Å². The van der Waals surface area contributed by atoms with Crippen LogP contribution in [0.25, 0.3) is 96.3 Å². The predicted molar refractivity (Wildman–Crippen MR) is 217 cm³/mol. The maximum atomic E-state index is 2.50. The molecule has 232 valence electrons. The molecule has 2 aliphatic carbocycles. The summed E-state index contributed by atoms with van der Waals surface area (Å²) in [4.78, 5) is 1.48. The van der Waals surface area contributed by atoms with E-state index in [0.717, 1.165) is 0 Å². The Morgan fingerprint density at radius 2 is 1.06 bits per heavy atom. The van der Waals surface area contributed by atoms with Crippen molar-refractivity contribution in [3.63, 3.8) is 0 Å². The molecule has 0 amide bonds. The lowest BCUT2D eigenvalue weighted by Gasteiger charge is -2.36. The smallest absolute Gasteiger partial charge is 0.0542 e. The average molecular weight is 669 g/mol. The van der Waals surface area contributed by atoms with E-state index in [2.05, 4.69) is 159 Å². The number of benzene rings is 8. The van der Waals surface area contributed by atoms with Crippen LogP contribution in [0.3, 0.4) is 0 Å². The fraction of sp³-hybridized carbons (Fsp3) is 0.0417. The van der Waals surface area contributed by atoms with Crippen LogP contribution < -0.4 is 0 Å². The molecular weight excluding hydrogens is 641 g/mol. The van der Waals surface area contributed by atoms with Crippen molar-refractivity contribution in [2.75, 3.05) is 0 Å². The Labute approximate surface area is 297 Å². The fourth-order valence-corrected chi connectivity index (χ4v) is 12.1. The molecule has 0 saturated heterocycles. The molecule has 12 rings (SSSR count). The van der Waals surface area contributed by atoms with Crippen LogP contribution in [0.2, 0.25) is 0 Å². The number of thiophene rings is 2. The molecule has 1 unspecified atom stereocenters. The van der Waals surface area contributed by atoms with E-state index in [1.165, 1.54) is 112 Å². The van der Waals surface area contributed by atoms with Gasteiger partial charge in [0.25, 0.3) is 0 Å². The maximum absolute atomic E-state index is 2.50. The molecule has 1 atom stereocenters. The minimum atomic E-state index is -0.241. The van der Waals surface area contributed by atoms with Crippen LogP contribution in [0.15, 0.2) is 152 Å². The minimum absolute atomic E-state index is 0.241. The molecule has 8 aromatic carbocycles. The molecule has 0 aliphatic heterocycles. The van der Waals surface area contributed by atoms with Gasteiger partial charge in [-0.2, -0.15) is 0 Å². The largest absolute Gasteiger partial charge is 0.138 e. The zero-order valence-corrected chi connectivity index (χ0v) is 28.9. The van der Waals surface area contributed by atoms with Gasteiger partial charge in [-0.1, -0.05) is 127 Å². The van der Waals surface area contributed by atoms with E-state index in [1.807, 2.05) is 22.7 Å². The normalized spacial score (nSPS) is 15.8. The van der Waals surface area contributed by atoms with E-state index in [4.69, 9.17) is 0 Å². The van der Waals surface area contributed by atoms with Crippen LogP contribution in [0, 0.1) is 0 Å². The van der Waals surface area contributed by atoms with E-state index in [-0.39, 0.29) is 5.41 Å². The molecule has 2 heteroatoms. The van der Waals surface area contributed by atoms with Crippen LogP contribution in [0.5, 0.6) is 0 Å². The third-order valence-corrected chi connectivity index (χ3v) is 14.1. The lowest BCUT2D eigenvalue weighted by atomic mass is 9.67. The molecule has 0 fully saturated rings. The molecule has 50 heavy (non-hydrogen) atoms. The molecule has 10 aromatic rings. The predicted octanol–water partition coefficient (Wildman–Crippen LogP) is 14.2. The molecule has 2 heterocycles. The van der Waals surface area contributed by atoms with E-state index >= 15 is 0 Å². The lowest BCUT2D eigenvalue weighted by Crippen LogP contribution is -2.25. The first kappa shape index (κ1) is 27.3. The van der Waals surface area contributed by atoms with Gasteiger partial charge in [0.1, 0.15) is 0 Å². The first-order chi connectivity index (χ1) is 24.7. The van der Waals surface area contributed by atoms with E-state index < -0.39 is 0 Å². The summed E-state index contributed by atoms with van der Waals surface area (Å²) in [5.41, 5.74) is 13.3. The highest BCUT2D eigenvalue weighted by Gasteiger charge is 2.48. The van der Waals surface area contributed by atoms with Gasteiger partial charge in [0, 0.05) is 40.7 Å². The summed E-state index contributed by atoms with van der Waals surface area (Å²) in [7, 11) is 0. The van der Waals surface area contributed by atoms with Gasteiger partial charge in [-0.15, -0.1) is 22.7 Å². The number of rotatable bonds is 2. The molecule has 0 radical (unpaired) electrons. The van der Waals surface area contributed by atoms with Gasteiger partial charge in [0.2, 0.25) is 0 Å². The minimum Gasteiger partial charge on any atom is -0.138 e. The van der Waals surface area contributed by atoms with Crippen LogP contribution in [0.1, 0.15) is 22.9 Å². The summed E-state index contributed by atoms with van der Waals surface area (Å²) >= 11 is 3.88. The Bertz CT molecular complexity index is 3100. The van der Waals surface area contributed by atoms with Crippen molar-refractivity contribution in [2.45, 2.75) is 12.3 Å². The Kier molecular flexibility index (Phi) is 5.23. The summed E-state index contributed by atoms with van der Waals surface area (Å²) in [6.07, 6.45) is 0. The van der Waals surface area contributed by atoms with Crippen molar-refractivity contribution in [2.24, 2.45) is 0 Å². The molecule has 0 spiro atoms. The molecule has 0 bridgehead atoms. The molecular formula is C48H28S2. The summed E-state index contributed by atoms with van der Waals surface area (Å²) in [6.45, 7) is 2.50. The zero-order valence-electron chi connectivity index (χ0n) is 27.3. The van der Waals surface area contributed by atoms with Crippen molar-refractivity contribution in [3.8, 4) is 44.5 Å². The summed E-state index contributed by atoms with van der Waals surface area (Å²) in [6, 6.07) is 57.2. The van der Waals surface area contributed by atoms with E-state index in [9.17, 15) is 0 Å². The Hall–Kier alpha value is -5.54. The van der Waals surface area contributed by atoms with Gasteiger partial charge >= 0.3 is 0 Å². The first-order valence-electron chi connectivity index (χ1n) is 17.3. The first-order valence-corrected chi connectivity index (χ1v) is 19.0. The maximum Gasteiger partial charge on any atom is 0.0542 e. The second kappa shape index (κ2) is 9.57. The van der Waals surface area contributed by atoms with Crippen molar-refractivity contribution in [1.29, 1.82) is 0 Å². The van der Waals surface area contributed by atoms with Gasteiger partial charge in [-0.3, -0.25) is 0 Å². The third-order valence-electron chi connectivity index (χ3n) is 11.6. The van der Waals surface area contributed by atoms with Gasteiger partial charge < -0.3 is 0 Å². The zero-order chi connectivity index (χ0) is 32.7. The second-order valence-corrected chi connectivity index (χ2v) is 16.2. The highest BCUT2D eigenvalue weighted by atomic mass is 32.1. The van der Waals surface area contributed by atoms with Crippen molar-refractivity contribution in [1.82, 2.24) is 0 Å². The van der Waals surface area contributed by atoms with Crippen molar-refractivity contribution in [3.05, 3.63) is 168 Å². The number of hydrogen-bond donors (Lipinski definition) is 0. The summed E-state index contributed by atoms with van der Waals surface area (Å²) < 4.78 is 4.05. The lowest BCUT2D eigenvalue weighted by molar-refractivity contribution is 0.734. The Balaban J connectivity index is 1.26. The van der Waals surface area contributed by atoms with Crippen LogP contribution >= 0.6 is 22.7 Å². The van der Waals surface area contributed by atoms with Crippen molar-refractivity contribution >= 4 is 74.5 Å².